The maximum Gasteiger partial charge on any atom is 0.330 e. The van der Waals surface area contributed by atoms with Crippen molar-refractivity contribution in [2.75, 3.05) is 6.61 Å². The van der Waals surface area contributed by atoms with Crippen LogP contribution in [0, 0.1) is 0 Å². The molecule has 2 N–H and O–H groups in total. The third-order valence-corrected chi connectivity index (χ3v) is 4.47. The van der Waals surface area contributed by atoms with Crippen LogP contribution < -0.4 is 11.2 Å². The molecule has 2 heterocycles. The number of aromatic nitrogens is 2. The Balaban J connectivity index is 1.88. The zero-order valence-corrected chi connectivity index (χ0v) is 15.4. The summed E-state index contributed by atoms with van der Waals surface area (Å²) in [5, 5.41) is 9.45. The number of unbranched alkanes of at least 4 members (excludes halogenated alkanes) is 2. The molecule has 27 heavy (non-hydrogen) atoms. The van der Waals surface area contributed by atoms with Gasteiger partial charge in [0.15, 0.2) is 0 Å². The molecule has 0 bridgehead atoms. The first-order chi connectivity index (χ1) is 12.9. The van der Waals surface area contributed by atoms with Gasteiger partial charge in [-0.05, 0) is 6.42 Å². The highest BCUT2D eigenvalue weighted by Gasteiger charge is 2.38. The summed E-state index contributed by atoms with van der Waals surface area (Å²) >= 11 is 0. The average molecular weight is 382 g/mol. The minimum Gasteiger partial charge on any atom is -0.459 e. The summed E-state index contributed by atoms with van der Waals surface area (Å²) in [5.41, 5.74) is -1.17. The number of nitrogens with one attached hydrogen (secondary N) is 1. The van der Waals surface area contributed by atoms with Crippen LogP contribution in [0.1, 0.15) is 58.1 Å². The Morgan fingerprint density at radius 2 is 2.07 bits per heavy atom. The fourth-order valence-electron chi connectivity index (χ4n) is 2.98. The smallest absolute Gasteiger partial charge is 0.330 e. The predicted octanol–water partition coefficient (Wildman–Crippen LogP) is 0.658. The highest BCUT2D eigenvalue weighted by atomic mass is 16.6. The molecule has 9 nitrogen and oxygen atoms in total. The third-order valence-electron chi connectivity index (χ3n) is 4.47. The van der Waals surface area contributed by atoms with E-state index in [1.165, 1.54) is 16.8 Å². The largest absolute Gasteiger partial charge is 0.459 e. The van der Waals surface area contributed by atoms with Crippen LogP contribution in [-0.4, -0.2) is 45.2 Å². The lowest BCUT2D eigenvalue weighted by molar-refractivity contribution is -0.154. The van der Waals surface area contributed by atoms with E-state index in [1.54, 1.807) is 0 Å². The number of rotatable bonds is 10. The molecule has 0 radical (unpaired) electrons. The van der Waals surface area contributed by atoms with Gasteiger partial charge in [-0.1, -0.05) is 19.8 Å². The molecule has 1 fully saturated rings. The molecule has 0 spiro atoms. The van der Waals surface area contributed by atoms with Gasteiger partial charge in [-0.25, -0.2) is 4.79 Å². The van der Waals surface area contributed by atoms with Gasteiger partial charge in [-0.2, -0.15) is 0 Å². The maximum atomic E-state index is 12.0. The molecule has 1 aliphatic heterocycles. The summed E-state index contributed by atoms with van der Waals surface area (Å²) in [7, 11) is 0. The van der Waals surface area contributed by atoms with Gasteiger partial charge in [0.2, 0.25) is 0 Å². The van der Waals surface area contributed by atoms with Crippen LogP contribution in [0.15, 0.2) is 21.9 Å². The number of Topliss-reactive ketones (excluding diaryl/α,β-unsaturated/α-hetero) is 1. The summed E-state index contributed by atoms with van der Waals surface area (Å²) in [5.74, 6) is -0.514. The maximum absolute atomic E-state index is 12.0. The molecular weight excluding hydrogens is 356 g/mol. The van der Waals surface area contributed by atoms with E-state index in [2.05, 4.69) is 11.9 Å². The van der Waals surface area contributed by atoms with E-state index in [0.717, 1.165) is 19.3 Å². The number of nitrogens with zero attached hydrogens (tertiary/aromatic N) is 1. The second kappa shape index (κ2) is 10.2. The van der Waals surface area contributed by atoms with Crippen molar-refractivity contribution in [1.29, 1.82) is 0 Å². The topological polar surface area (TPSA) is 128 Å². The minimum atomic E-state index is -0.780. The second-order valence-corrected chi connectivity index (χ2v) is 6.59. The van der Waals surface area contributed by atoms with Crippen molar-refractivity contribution in [3.05, 3.63) is 33.1 Å². The van der Waals surface area contributed by atoms with E-state index in [0.29, 0.717) is 6.42 Å². The molecule has 9 heteroatoms. The monoisotopic (exact) mass is 382 g/mol. The van der Waals surface area contributed by atoms with Crippen molar-refractivity contribution in [1.82, 2.24) is 9.55 Å². The SMILES string of the molecule is CCCCCC(=O)CCC(=O)OC1C[C@H](n2ccc(=O)[nH]c2=O)O[C@@H]1CO. The molecule has 150 valence electrons. The third kappa shape index (κ3) is 6.14. The molecule has 1 unspecified atom stereocenters. The van der Waals surface area contributed by atoms with E-state index in [-0.39, 0.29) is 31.7 Å². The van der Waals surface area contributed by atoms with E-state index < -0.39 is 35.7 Å². The molecule has 0 aromatic carbocycles. The van der Waals surface area contributed by atoms with Crippen molar-refractivity contribution in [3.8, 4) is 0 Å². The molecule has 1 aromatic rings. The Morgan fingerprint density at radius 3 is 2.74 bits per heavy atom. The number of hydrogen-bond acceptors (Lipinski definition) is 7. The lowest BCUT2D eigenvalue weighted by atomic mass is 10.1. The van der Waals surface area contributed by atoms with Gasteiger partial charge < -0.3 is 14.6 Å². The van der Waals surface area contributed by atoms with Crippen LogP contribution >= 0.6 is 0 Å². The van der Waals surface area contributed by atoms with Gasteiger partial charge in [0.05, 0.1) is 13.0 Å². The lowest BCUT2D eigenvalue weighted by Crippen LogP contribution is -2.31. The van der Waals surface area contributed by atoms with Crippen molar-refractivity contribution < 1.29 is 24.2 Å². The quantitative estimate of drug-likeness (QED) is 0.449. The minimum absolute atomic E-state index is 0.0249. The molecule has 0 aliphatic carbocycles. The first kappa shape index (κ1) is 21.0. The van der Waals surface area contributed by atoms with Gasteiger partial charge in [0, 0.05) is 31.5 Å². The van der Waals surface area contributed by atoms with Crippen LogP contribution in [0.5, 0.6) is 0 Å². The molecule has 1 aliphatic rings. The predicted molar refractivity (Wildman–Crippen MR) is 95.2 cm³/mol. The second-order valence-electron chi connectivity index (χ2n) is 6.59. The fourth-order valence-corrected chi connectivity index (χ4v) is 2.98. The zero-order chi connectivity index (χ0) is 19.8. The Hall–Kier alpha value is -2.26. The van der Waals surface area contributed by atoms with Crippen LogP contribution in [-0.2, 0) is 19.1 Å². The van der Waals surface area contributed by atoms with Crippen molar-refractivity contribution >= 4 is 11.8 Å². The van der Waals surface area contributed by atoms with Gasteiger partial charge in [0.25, 0.3) is 5.56 Å². The van der Waals surface area contributed by atoms with Crippen molar-refractivity contribution in [2.24, 2.45) is 0 Å². The van der Waals surface area contributed by atoms with E-state index in [1.807, 2.05) is 0 Å². The lowest BCUT2D eigenvalue weighted by Gasteiger charge is -2.16. The highest BCUT2D eigenvalue weighted by Crippen LogP contribution is 2.29. The first-order valence-corrected chi connectivity index (χ1v) is 9.23. The van der Waals surface area contributed by atoms with Crippen molar-refractivity contribution in [3.63, 3.8) is 0 Å². The average Bonchev–Trinajstić information content (AvgIpc) is 3.02. The van der Waals surface area contributed by atoms with Gasteiger partial charge in [0.1, 0.15) is 24.2 Å². The van der Waals surface area contributed by atoms with Crippen LogP contribution in [0.25, 0.3) is 0 Å². The fraction of sp³-hybridized carbons (Fsp3) is 0.667. The number of ketones is 1. The van der Waals surface area contributed by atoms with E-state index in [4.69, 9.17) is 9.47 Å². The van der Waals surface area contributed by atoms with Crippen molar-refractivity contribution in [2.45, 2.75) is 70.3 Å². The molecule has 3 atom stereocenters. The number of hydrogen-bond donors (Lipinski definition) is 2. The van der Waals surface area contributed by atoms with Crippen LogP contribution in [0.3, 0.4) is 0 Å². The van der Waals surface area contributed by atoms with E-state index >= 15 is 0 Å². The zero-order valence-electron chi connectivity index (χ0n) is 15.4. The van der Waals surface area contributed by atoms with Gasteiger partial charge in [-0.15, -0.1) is 0 Å². The summed E-state index contributed by atoms with van der Waals surface area (Å²) < 4.78 is 12.1. The Bertz CT molecular complexity index is 755. The highest BCUT2D eigenvalue weighted by molar-refractivity contribution is 5.82. The van der Waals surface area contributed by atoms with Crippen LogP contribution in [0.2, 0.25) is 0 Å². The number of aliphatic hydroxyl groups excluding tert-OH is 1. The number of H-pyrrole nitrogens is 1. The molecular formula is C18H26N2O7. The summed E-state index contributed by atoms with van der Waals surface area (Å²) in [6.07, 6.45) is 2.57. The number of carbonyl (C=O) groups excluding carboxylic acids is 2. The molecule has 1 saturated heterocycles. The number of esters is 1. The van der Waals surface area contributed by atoms with Crippen LogP contribution in [0.4, 0.5) is 0 Å². The molecule has 2 rings (SSSR count). The normalized spacial score (nSPS) is 21.9. The Kier molecular flexibility index (Phi) is 7.93. The number of ether oxygens (including phenoxy) is 2. The van der Waals surface area contributed by atoms with Gasteiger partial charge >= 0.3 is 11.7 Å². The summed E-state index contributed by atoms with van der Waals surface area (Å²) in [4.78, 5) is 48.9. The summed E-state index contributed by atoms with van der Waals surface area (Å²) in [6.45, 7) is 1.67. The molecule has 1 aromatic heterocycles. The van der Waals surface area contributed by atoms with E-state index in [9.17, 15) is 24.3 Å². The Morgan fingerprint density at radius 1 is 1.30 bits per heavy atom. The summed E-state index contributed by atoms with van der Waals surface area (Å²) in [6, 6.07) is 1.18. The number of aliphatic hydroxyl groups is 1. The number of aromatic amines is 1. The molecule has 0 amide bonds. The van der Waals surface area contributed by atoms with Gasteiger partial charge in [-0.3, -0.25) is 23.9 Å². The Labute approximate surface area is 156 Å². The number of carbonyl (C=O) groups is 2. The molecule has 0 saturated carbocycles. The standard InChI is InChI=1S/C18H26N2O7/c1-2-3-4-5-12(22)6-7-17(24)27-13-10-16(26-14(13)11-21)20-9-8-15(23)19-18(20)25/h8-9,13-14,16,21H,2-7,10-11H2,1H3,(H,19,23,25)/t13?,14-,16-/m1/s1. The first-order valence-electron chi connectivity index (χ1n) is 9.23.